The molecule has 1 aliphatic rings. The number of aryl methyl sites for hydroxylation is 1. The smallest absolute Gasteiger partial charge is 0.299 e. The maximum atomic E-state index is 12.4. The lowest BCUT2D eigenvalue weighted by atomic mass is 10.0. The zero-order chi connectivity index (χ0) is 19.0. The van der Waals surface area contributed by atoms with Gasteiger partial charge in [-0.2, -0.15) is 0 Å². The molecule has 0 N–H and O–H groups in total. The number of fused-ring (bicyclic) bond motifs is 1. The number of hydrogen-bond acceptors (Lipinski definition) is 3. The molecule has 0 fully saturated rings. The minimum absolute atomic E-state index is 0.309. The highest BCUT2D eigenvalue weighted by molar-refractivity contribution is 9.11. The Morgan fingerprint density at radius 2 is 1.85 bits per heavy atom. The second-order valence-corrected chi connectivity index (χ2v) is 8.38. The van der Waals surface area contributed by atoms with E-state index < -0.39 is 11.7 Å². The number of carbonyl (C=O) groups excluding carboxylic acids is 2. The summed E-state index contributed by atoms with van der Waals surface area (Å²) in [7, 11) is 0. The Labute approximate surface area is 169 Å². The number of ether oxygens (including phenoxy) is 1. The molecular weight excluding hydrogens is 462 g/mol. The molecule has 2 aromatic carbocycles. The van der Waals surface area contributed by atoms with Crippen LogP contribution in [0.15, 0.2) is 39.3 Å². The maximum Gasteiger partial charge on any atom is 0.299 e. The highest BCUT2D eigenvalue weighted by Crippen LogP contribution is 2.38. The van der Waals surface area contributed by atoms with Gasteiger partial charge in [0.1, 0.15) is 12.4 Å². The van der Waals surface area contributed by atoms with Gasteiger partial charge in [-0.15, -0.1) is 0 Å². The van der Waals surface area contributed by atoms with Gasteiger partial charge in [-0.25, -0.2) is 0 Å². The van der Waals surface area contributed by atoms with Crippen LogP contribution < -0.4 is 9.64 Å². The van der Waals surface area contributed by atoms with Gasteiger partial charge in [-0.05, 0) is 58.1 Å². The van der Waals surface area contributed by atoms with Crippen molar-refractivity contribution in [2.24, 2.45) is 0 Å². The average molecular weight is 481 g/mol. The van der Waals surface area contributed by atoms with Crippen molar-refractivity contribution in [1.29, 1.82) is 0 Å². The molecule has 4 nitrogen and oxygen atoms in total. The second-order valence-electron chi connectivity index (χ2n) is 6.61. The Balaban J connectivity index is 1.79. The fraction of sp³-hybridized carbons (Fsp3) is 0.300. The Bertz CT molecular complexity index is 893. The third kappa shape index (κ3) is 3.58. The number of carbonyl (C=O) groups is 2. The third-order valence-electron chi connectivity index (χ3n) is 4.35. The SMILES string of the molecule is Cc1ccc(C(C)C)c(OCCN2C(=O)C(=O)c3cc(Br)cc(Br)c32)c1. The molecule has 0 unspecified atom stereocenters. The Morgan fingerprint density at radius 1 is 1.12 bits per heavy atom. The van der Waals surface area contributed by atoms with Gasteiger partial charge in [0, 0.05) is 8.95 Å². The van der Waals surface area contributed by atoms with E-state index in [0.29, 0.717) is 34.8 Å². The molecule has 0 aliphatic carbocycles. The van der Waals surface area contributed by atoms with Gasteiger partial charge < -0.3 is 9.64 Å². The average Bonchev–Trinajstić information content (AvgIpc) is 2.80. The number of hydrogen-bond donors (Lipinski definition) is 0. The molecule has 1 amide bonds. The van der Waals surface area contributed by atoms with Crippen molar-refractivity contribution in [1.82, 2.24) is 0 Å². The summed E-state index contributed by atoms with van der Waals surface area (Å²) in [6.45, 7) is 6.87. The van der Waals surface area contributed by atoms with Gasteiger partial charge in [0.2, 0.25) is 0 Å². The van der Waals surface area contributed by atoms with Crippen LogP contribution in [0.2, 0.25) is 0 Å². The number of Topliss-reactive ketones (excluding diaryl/α,β-unsaturated/α-hetero) is 1. The molecule has 0 bridgehead atoms. The van der Waals surface area contributed by atoms with E-state index in [2.05, 4.69) is 57.8 Å². The van der Waals surface area contributed by atoms with Crippen LogP contribution in [0.1, 0.15) is 41.3 Å². The van der Waals surface area contributed by atoms with Crippen LogP contribution in [-0.4, -0.2) is 24.8 Å². The van der Waals surface area contributed by atoms with E-state index in [1.807, 2.05) is 19.1 Å². The quantitative estimate of drug-likeness (QED) is 0.549. The first-order valence-electron chi connectivity index (χ1n) is 8.38. The van der Waals surface area contributed by atoms with Crippen LogP contribution in [-0.2, 0) is 4.79 Å². The Kier molecular flexibility index (Phi) is 5.53. The molecule has 136 valence electrons. The van der Waals surface area contributed by atoms with Crippen molar-refractivity contribution in [2.45, 2.75) is 26.7 Å². The monoisotopic (exact) mass is 479 g/mol. The Hall–Kier alpha value is -1.66. The van der Waals surface area contributed by atoms with E-state index in [1.165, 1.54) is 4.90 Å². The molecule has 0 saturated heterocycles. The minimum atomic E-state index is -0.518. The number of nitrogens with zero attached hydrogens (tertiary/aromatic N) is 1. The molecule has 1 aliphatic heterocycles. The summed E-state index contributed by atoms with van der Waals surface area (Å²) in [5, 5.41) is 0. The number of benzene rings is 2. The van der Waals surface area contributed by atoms with Gasteiger partial charge in [0.25, 0.3) is 11.7 Å². The molecule has 2 aromatic rings. The lowest BCUT2D eigenvalue weighted by Crippen LogP contribution is -2.33. The molecule has 26 heavy (non-hydrogen) atoms. The molecule has 0 radical (unpaired) electrons. The first kappa shape index (κ1) is 19.1. The summed E-state index contributed by atoms with van der Waals surface area (Å²) in [5.74, 6) is 0.164. The van der Waals surface area contributed by atoms with Crippen LogP contribution in [0.4, 0.5) is 5.69 Å². The summed E-state index contributed by atoms with van der Waals surface area (Å²) in [6, 6.07) is 9.65. The van der Waals surface area contributed by atoms with Crippen molar-refractivity contribution < 1.29 is 14.3 Å². The molecule has 0 atom stereocenters. The summed E-state index contributed by atoms with van der Waals surface area (Å²) in [5.41, 5.74) is 3.27. The fourth-order valence-corrected chi connectivity index (χ4v) is 4.50. The summed E-state index contributed by atoms with van der Waals surface area (Å²) in [6.07, 6.45) is 0. The number of ketones is 1. The van der Waals surface area contributed by atoms with Crippen molar-refractivity contribution in [3.63, 3.8) is 0 Å². The number of rotatable bonds is 5. The van der Waals surface area contributed by atoms with E-state index in [-0.39, 0.29) is 0 Å². The van der Waals surface area contributed by atoms with E-state index in [0.717, 1.165) is 21.3 Å². The largest absolute Gasteiger partial charge is 0.491 e. The van der Waals surface area contributed by atoms with Crippen molar-refractivity contribution in [3.05, 3.63) is 56.0 Å². The van der Waals surface area contributed by atoms with Gasteiger partial charge in [0.05, 0.1) is 17.8 Å². The van der Waals surface area contributed by atoms with E-state index >= 15 is 0 Å². The van der Waals surface area contributed by atoms with Crippen LogP contribution in [0.5, 0.6) is 5.75 Å². The first-order chi connectivity index (χ1) is 12.3. The zero-order valence-electron chi connectivity index (χ0n) is 14.8. The highest BCUT2D eigenvalue weighted by Gasteiger charge is 2.37. The molecule has 0 aromatic heterocycles. The fourth-order valence-electron chi connectivity index (χ4n) is 3.06. The summed E-state index contributed by atoms with van der Waals surface area (Å²) in [4.78, 5) is 26.1. The van der Waals surface area contributed by atoms with Gasteiger partial charge >= 0.3 is 0 Å². The molecule has 0 spiro atoms. The summed E-state index contributed by atoms with van der Waals surface area (Å²) < 4.78 is 7.43. The zero-order valence-corrected chi connectivity index (χ0v) is 18.0. The summed E-state index contributed by atoms with van der Waals surface area (Å²) >= 11 is 6.81. The van der Waals surface area contributed by atoms with Crippen molar-refractivity contribution in [3.8, 4) is 5.75 Å². The van der Waals surface area contributed by atoms with Crippen molar-refractivity contribution >= 4 is 49.2 Å². The van der Waals surface area contributed by atoms with Crippen LogP contribution >= 0.6 is 31.9 Å². The molecule has 3 rings (SSSR count). The topological polar surface area (TPSA) is 46.6 Å². The number of halogens is 2. The third-order valence-corrected chi connectivity index (χ3v) is 5.41. The first-order valence-corrected chi connectivity index (χ1v) is 9.96. The number of anilines is 1. The van der Waals surface area contributed by atoms with Gasteiger partial charge in [-0.1, -0.05) is 41.9 Å². The maximum absolute atomic E-state index is 12.4. The molecular formula is C20H19Br2NO3. The van der Waals surface area contributed by atoms with Gasteiger partial charge in [0.15, 0.2) is 0 Å². The predicted molar refractivity (Wildman–Crippen MR) is 109 cm³/mol. The standard InChI is InChI=1S/C20H19Br2NO3/c1-11(2)14-5-4-12(3)8-17(14)26-7-6-23-18-15(19(24)20(23)25)9-13(21)10-16(18)22/h4-5,8-11H,6-7H2,1-3H3. The second kappa shape index (κ2) is 7.53. The van der Waals surface area contributed by atoms with Crippen molar-refractivity contribution in [2.75, 3.05) is 18.1 Å². The molecule has 1 heterocycles. The number of amides is 1. The van der Waals surface area contributed by atoms with Crippen LogP contribution in [0.3, 0.4) is 0 Å². The van der Waals surface area contributed by atoms with E-state index in [4.69, 9.17) is 4.74 Å². The van der Waals surface area contributed by atoms with Crippen LogP contribution in [0, 0.1) is 6.92 Å². The lowest BCUT2D eigenvalue weighted by molar-refractivity contribution is -0.114. The Morgan fingerprint density at radius 3 is 2.54 bits per heavy atom. The molecule has 0 saturated carbocycles. The van der Waals surface area contributed by atoms with Crippen LogP contribution in [0.25, 0.3) is 0 Å². The highest BCUT2D eigenvalue weighted by atomic mass is 79.9. The predicted octanol–water partition coefficient (Wildman–Crippen LogP) is 5.25. The normalized spacial score (nSPS) is 13.5. The van der Waals surface area contributed by atoms with E-state index in [9.17, 15) is 9.59 Å². The lowest BCUT2D eigenvalue weighted by Gasteiger charge is -2.20. The molecule has 6 heteroatoms. The van der Waals surface area contributed by atoms with Gasteiger partial charge in [-0.3, -0.25) is 9.59 Å². The minimum Gasteiger partial charge on any atom is -0.491 e. The van der Waals surface area contributed by atoms with E-state index in [1.54, 1.807) is 6.07 Å².